The molecule has 1 N–H and O–H groups in total. The zero-order valence-electron chi connectivity index (χ0n) is 8.06. The first-order chi connectivity index (χ1) is 6.86. The van der Waals surface area contributed by atoms with Crippen molar-refractivity contribution < 1.29 is 5.11 Å². The molecule has 74 valence electrons. The van der Waals surface area contributed by atoms with Crippen LogP contribution in [0, 0.1) is 0 Å². The van der Waals surface area contributed by atoms with Gasteiger partial charge in [0.2, 0.25) is 0 Å². The van der Waals surface area contributed by atoms with Crippen molar-refractivity contribution in [3.8, 4) is 0 Å². The number of hydrogen-bond donors (Lipinski definition) is 1. The van der Waals surface area contributed by atoms with Crippen molar-refractivity contribution in [2.75, 3.05) is 0 Å². The Morgan fingerprint density at radius 2 is 2.21 bits per heavy atom. The van der Waals surface area contributed by atoms with E-state index in [4.69, 9.17) is 0 Å². The number of allylic oxidation sites excluding steroid dienone is 1. The summed E-state index contributed by atoms with van der Waals surface area (Å²) in [6.45, 7) is 0. The van der Waals surface area contributed by atoms with Crippen LogP contribution in [0.25, 0.3) is 5.57 Å². The number of aliphatic hydroxyl groups excluding tert-OH is 1. The fraction of sp³-hybridized carbons (Fsp3) is 0.455. The van der Waals surface area contributed by atoms with Crippen LogP contribution in [-0.2, 0) is 0 Å². The Morgan fingerprint density at radius 1 is 1.29 bits per heavy atom. The van der Waals surface area contributed by atoms with Crippen LogP contribution in [0.1, 0.15) is 31.4 Å². The van der Waals surface area contributed by atoms with Gasteiger partial charge >= 0.3 is 0 Å². The Morgan fingerprint density at radius 3 is 3.00 bits per heavy atom. The SMILES string of the molecule is OC1C=C(c2cnccn2)CCCC1. The molecular formula is C11H14N2O. The molecule has 3 nitrogen and oxygen atoms in total. The lowest BCUT2D eigenvalue weighted by Crippen LogP contribution is -2.00. The summed E-state index contributed by atoms with van der Waals surface area (Å²) in [4.78, 5) is 8.27. The third kappa shape index (κ3) is 2.17. The summed E-state index contributed by atoms with van der Waals surface area (Å²) in [6.07, 6.45) is 10.8. The van der Waals surface area contributed by atoms with E-state index >= 15 is 0 Å². The highest BCUT2D eigenvalue weighted by Gasteiger charge is 2.11. The van der Waals surface area contributed by atoms with Crippen LogP contribution >= 0.6 is 0 Å². The van der Waals surface area contributed by atoms with Gasteiger partial charge in [-0.1, -0.05) is 12.5 Å². The molecule has 0 spiro atoms. The molecule has 1 aromatic rings. The van der Waals surface area contributed by atoms with E-state index in [1.807, 2.05) is 6.08 Å². The van der Waals surface area contributed by atoms with E-state index < -0.39 is 0 Å². The van der Waals surface area contributed by atoms with Crippen LogP contribution < -0.4 is 0 Å². The fourth-order valence-electron chi connectivity index (χ4n) is 1.75. The smallest absolute Gasteiger partial charge is 0.0842 e. The van der Waals surface area contributed by atoms with Gasteiger partial charge in [0.25, 0.3) is 0 Å². The molecule has 0 bridgehead atoms. The predicted molar refractivity (Wildman–Crippen MR) is 54.5 cm³/mol. The first kappa shape index (κ1) is 9.34. The summed E-state index contributed by atoms with van der Waals surface area (Å²) in [5, 5.41) is 9.60. The maximum atomic E-state index is 9.60. The summed E-state index contributed by atoms with van der Waals surface area (Å²) in [7, 11) is 0. The number of nitrogens with zero attached hydrogens (tertiary/aromatic N) is 2. The maximum absolute atomic E-state index is 9.60. The van der Waals surface area contributed by atoms with E-state index in [2.05, 4.69) is 9.97 Å². The third-order valence-corrected chi connectivity index (χ3v) is 2.48. The summed E-state index contributed by atoms with van der Waals surface area (Å²) >= 11 is 0. The second-order valence-corrected chi connectivity index (χ2v) is 3.60. The van der Waals surface area contributed by atoms with Gasteiger partial charge in [-0.25, -0.2) is 0 Å². The number of aromatic nitrogens is 2. The highest BCUT2D eigenvalue weighted by atomic mass is 16.3. The molecule has 1 aromatic heterocycles. The van der Waals surface area contributed by atoms with Crippen molar-refractivity contribution in [1.82, 2.24) is 9.97 Å². The topological polar surface area (TPSA) is 46.0 Å². The zero-order valence-corrected chi connectivity index (χ0v) is 8.06. The van der Waals surface area contributed by atoms with Crippen molar-refractivity contribution in [2.24, 2.45) is 0 Å². The predicted octanol–water partition coefficient (Wildman–Crippen LogP) is 1.79. The van der Waals surface area contributed by atoms with Crippen molar-refractivity contribution in [1.29, 1.82) is 0 Å². The lowest BCUT2D eigenvalue weighted by atomic mass is 10.1. The molecule has 0 radical (unpaired) electrons. The summed E-state index contributed by atoms with van der Waals surface area (Å²) in [5.41, 5.74) is 2.02. The van der Waals surface area contributed by atoms with Crippen LogP contribution in [0.4, 0.5) is 0 Å². The van der Waals surface area contributed by atoms with Gasteiger partial charge in [0, 0.05) is 12.4 Å². The monoisotopic (exact) mass is 190 g/mol. The standard InChI is InChI=1S/C11H14N2O/c14-10-4-2-1-3-9(7-10)11-8-12-5-6-13-11/h5-8,10,14H,1-4H2. The van der Waals surface area contributed by atoms with Crippen LogP contribution in [0.3, 0.4) is 0 Å². The van der Waals surface area contributed by atoms with Gasteiger partial charge in [0.1, 0.15) is 0 Å². The zero-order chi connectivity index (χ0) is 9.80. The Hall–Kier alpha value is -1.22. The average Bonchev–Trinajstić information content (AvgIpc) is 2.44. The van der Waals surface area contributed by atoms with Gasteiger partial charge in [-0.15, -0.1) is 0 Å². The molecule has 14 heavy (non-hydrogen) atoms. The fourth-order valence-corrected chi connectivity index (χ4v) is 1.75. The van der Waals surface area contributed by atoms with Gasteiger partial charge in [0.05, 0.1) is 18.0 Å². The second kappa shape index (κ2) is 4.33. The van der Waals surface area contributed by atoms with Crippen molar-refractivity contribution in [3.05, 3.63) is 30.4 Å². The summed E-state index contributed by atoms with van der Waals surface area (Å²) in [6, 6.07) is 0. The van der Waals surface area contributed by atoms with E-state index in [-0.39, 0.29) is 6.10 Å². The Labute approximate surface area is 83.5 Å². The van der Waals surface area contributed by atoms with Crippen LogP contribution in [0.5, 0.6) is 0 Å². The molecule has 2 rings (SSSR count). The van der Waals surface area contributed by atoms with Gasteiger partial charge in [-0.3, -0.25) is 9.97 Å². The van der Waals surface area contributed by atoms with Gasteiger partial charge in [-0.05, 0) is 24.8 Å². The largest absolute Gasteiger partial charge is 0.389 e. The molecular weight excluding hydrogens is 176 g/mol. The average molecular weight is 190 g/mol. The van der Waals surface area contributed by atoms with Crippen LogP contribution in [0.15, 0.2) is 24.7 Å². The molecule has 3 heteroatoms. The van der Waals surface area contributed by atoms with Crippen molar-refractivity contribution in [2.45, 2.75) is 31.8 Å². The Bertz CT molecular complexity index is 321. The van der Waals surface area contributed by atoms with E-state index in [0.717, 1.165) is 37.0 Å². The quantitative estimate of drug-likeness (QED) is 0.734. The maximum Gasteiger partial charge on any atom is 0.0842 e. The molecule has 0 aliphatic heterocycles. The molecule has 0 amide bonds. The van der Waals surface area contributed by atoms with E-state index in [9.17, 15) is 5.11 Å². The van der Waals surface area contributed by atoms with Gasteiger partial charge < -0.3 is 5.11 Å². The highest BCUT2D eigenvalue weighted by Crippen LogP contribution is 2.24. The molecule has 0 saturated heterocycles. The van der Waals surface area contributed by atoms with E-state index in [1.165, 1.54) is 0 Å². The van der Waals surface area contributed by atoms with Crippen molar-refractivity contribution >= 4 is 5.57 Å². The molecule has 1 unspecified atom stereocenters. The molecule has 1 aliphatic carbocycles. The first-order valence-corrected chi connectivity index (χ1v) is 5.01. The normalized spacial score (nSPS) is 22.6. The van der Waals surface area contributed by atoms with E-state index in [1.54, 1.807) is 18.6 Å². The number of aliphatic hydroxyl groups is 1. The third-order valence-electron chi connectivity index (χ3n) is 2.48. The van der Waals surface area contributed by atoms with Crippen LogP contribution in [-0.4, -0.2) is 21.2 Å². The molecule has 0 saturated carbocycles. The minimum atomic E-state index is -0.311. The lowest BCUT2D eigenvalue weighted by molar-refractivity contribution is 0.211. The van der Waals surface area contributed by atoms with Crippen molar-refractivity contribution in [3.63, 3.8) is 0 Å². The molecule has 1 aliphatic rings. The number of hydrogen-bond acceptors (Lipinski definition) is 3. The minimum Gasteiger partial charge on any atom is -0.389 e. The number of rotatable bonds is 1. The summed E-state index contributed by atoms with van der Waals surface area (Å²) in [5.74, 6) is 0. The minimum absolute atomic E-state index is 0.311. The summed E-state index contributed by atoms with van der Waals surface area (Å²) < 4.78 is 0. The van der Waals surface area contributed by atoms with Crippen LogP contribution in [0.2, 0.25) is 0 Å². The second-order valence-electron chi connectivity index (χ2n) is 3.60. The molecule has 0 fully saturated rings. The molecule has 1 atom stereocenters. The van der Waals surface area contributed by atoms with Gasteiger partial charge in [0.15, 0.2) is 0 Å². The Balaban J connectivity index is 2.24. The highest BCUT2D eigenvalue weighted by molar-refractivity contribution is 5.62. The first-order valence-electron chi connectivity index (χ1n) is 5.01. The lowest BCUT2D eigenvalue weighted by Gasteiger charge is -2.04. The molecule has 1 heterocycles. The van der Waals surface area contributed by atoms with Gasteiger partial charge in [-0.2, -0.15) is 0 Å². The Kier molecular flexibility index (Phi) is 2.89. The van der Waals surface area contributed by atoms with E-state index in [0.29, 0.717) is 0 Å². The molecule has 0 aromatic carbocycles.